The van der Waals surface area contributed by atoms with E-state index < -0.39 is 16.1 Å². The van der Waals surface area contributed by atoms with E-state index in [1.807, 2.05) is 30.3 Å². The number of carbonyl (C=O) groups is 1. The summed E-state index contributed by atoms with van der Waals surface area (Å²) in [7, 11) is -3.26. The van der Waals surface area contributed by atoms with E-state index in [0.717, 1.165) is 24.7 Å². The van der Waals surface area contributed by atoms with E-state index in [0.29, 0.717) is 13.1 Å². The predicted molar refractivity (Wildman–Crippen MR) is 81.0 cm³/mol. The van der Waals surface area contributed by atoms with E-state index in [2.05, 4.69) is 4.72 Å². The first-order valence-corrected chi connectivity index (χ1v) is 8.82. The van der Waals surface area contributed by atoms with Crippen LogP contribution in [0.15, 0.2) is 30.3 Å². The number of nitrogens with two attached hydrogens (primary N) is 1. The Hall–Kier alpha value is -1.44. The van der Waals surface area contributed by atoms with E-state index in [-0.39, 0.29) is 11.9 Å². The maximum absolute atomic E-state index is 12.4. The van der Waals surface area contributed by atoms with Gasteiger partial charge in [-0.2, -0.15) is 0 Å². The van der Waals surface area contributed by atoms with Crippen LogP contribution >= 0.6 is 0 Å². The summed E-state index contributed by atoms with van der Waals surface area (Å²) in [6.07, 6.45) is 2.63. The second-order valence-electron chi connectivity index (χ2n) is 5.40. The first-order valence-electron chi connectivity index (χ1n) is 6.93. The average Bonchev–Trinajstić information content (AvgIpc) is 2.45. The third-order valence-electron chi connectivity index (χ3n) is 3.54. The SMILES string of the molecule is CS(=O)(=O)N[C@H]1CCCN(C(=O)[C@H](N)c2ccccc2)C1. The second-order valence-corrected chi connectivity index (χ2v) is 7.18. The number of nitrogens with one attached hydrogen (secondary N) is 1. The van der Waals surface area contributed by atoms with Gasteiger partial charge in [0.05, 0.1) is 6.26 Å². The van der Waals surface area contributed by atoms with Crippen molar-refractivity contribution in [3.05, 3.63) is 35.9 Å². The lowest BCUT2D eigenvalue weighted by atomic mass is 10.0. The lowest BCUT2D eigenvalue weighted by Gasteiger charge is -2.34. The number of hydrogen-bond acceptors (Lipinski definition) is 4. The minimum absolute atomic E-state index is 0.166. The summed E-state index contributed by atoms with van der Waals surface area (Å²) >= 11 is 0. The summed E-state index contributed by atoms with van der Waals surface area (Å²) in [6, 6.07) is 8.24. The van der Waals surface area contributed by atoms with Crippen molar-refractivity contribution in [3.63, 3.8) is 0 Å². The monoisotopic (exact) mass is 311 g/mol. The Balaban J connectivity index is 2.02. The second kappa shape index (κ2) is 6.55. The number of sulfonamides is 1. The zero-order chi connectivity index (χ0) is 15.5. The molecule has 2 atom stereocenters. The molecule has 1 aliphatic heterocycles. The maximum atomic E-state index is 12.4. The summed E-state index contributed by atoms with van der Waals surface area (Å²) in [5.74, 6) is -0.166. The Morgan fingerprint density at radius 2 is 2.05 bits per heavy atom. The Kier molecular flexibility index (Phi) is 4.97. The summed E-state index contributed by atoms with van der Waals surface area (Å²) in [4.78, 5) is 14.1. The standard InChI is InChI=1S/C14H21N3O3S/c1-21(19,20)16-12-8-5-9-17(10-12)14(18)13(15)11-6-3-2-4-7-11/h2-4,6-7,12-13,16H,5,8-10,15H2,1H3/t12-,13+/m0/s1. The average molecular weight is 311 g/mol. The third kappa shape index (κ3) is 4.52. The fourth-order valence-electron chi connectivity index (χ4n) is 2.58. The maximum Gasteiger partial charge on any atom is 0.244 e. The lowest BCUT2D eigenvalue weighted by Crippen LogP contribution is -2.51. The molecule has 3 N–H and O–H groups in total. The largest absolute Gasteiger partial charge is 0.339 e. The molecule has 1 aromatic carbocycles. The molecular weight excluding hydrogens is 290 g/mol. The minimum Gasteiger partial charge on any atom is -0.339 e. The highest BCUT2D eigenvalue weighted by molar-refractivity contribution is 7.88. The molecule has 1 heterocycles. The molecule has 0 saturated carbocycles. The summed E-state index contributed by atoms with van der Waals surface area (Å²) in [5.41, 5.74) is 6.78. The van der Waals surface area contributed by atoms with Gasteiger partial charge in [0.25, 0.3) is 0 Å². The fourth-order valence-corrected chi connectivity index (χ4v) is 3.37. The van der Waals surface area contributed by atoms with Gasteiger partial charge in [-0.15, -0.1) is 0 Å². The Morgan fingerprint density at radius 3 is 2.67 bits per heavy atom. The molecule has 0 aromatic heterocycles. The van der Waals surface area contributed by atoms with Crippen molar-refractivity contribution in [2.24, 2.45) is 5.73 Å². The van der Waals surface area contributed by atoms with Gasteiger partial charge in [-0.1, -0.05) is 30.3 Å². The quantitative estimate of drug-likeness (QED) is 0.832. The van der Waals surface area contributed by atoms with E-state index >= 15 is 0 Å². The van der Waals surface area contributed by atoms with E-state index in [9.17, 15) is 13.2 Å². The Bertz CT molecular complexity index is 589. The smallest absolute Gasteiger partial charge is 0.244 e. The number of piperidine rings is 1. The van der Waals surface area contributed by atoms with Gasteiger partial charge in [0, 0.05) is 19.1 Å². The van der Waals surface area contributed by atoms with Crippen LogP contribution in [0.5, 0.6) is 0 Å². The summed E-state index contributed by atoms with van der Waals surface area (Å²) in [5, 5.41) is 0. The van der Waals surface area contributed by atoms with Gasteiger partial charge < -0.3 is 10.6 Å². The number of hydrogen-bond donors (Lipinski definition) is 2. The molecule has 1 amide bonds. The van der Waals surface area contributed by atoms with Crippen LogP contribution in [0.1, 0.15) is 24.4 Å². The van der Waals surface area contributed by atoms with Crippen LogP contribution < -0.4 is 10.5 Å². The van der Waals surface area contributed by atoms with Crippen molar-refractivity contribution in [2.45, 2.75) is 24.9 Å². The van der Waals surface area contributed by atoms with Crippen molar-refractivity contribution >= 4 is 15.9 Å². The number of carbonyl (C=O) groups excluding carboxylic acids is 1. The van der Waals surface area contributed by atoms with Crippen molar-refractivity contribution in [2.75, 3.05) is 19.3 Å². The van der Waals surface area contributed by atoms with Crippen molar-refractivity contribution < 1.29 is 13.2 Å². The summed E-state index contributed by atoms with van der Waals surface area (Å²) in [6.45, 7) is 0.980. The van der Waals surface area contributed by atoms with Crippen LogP contribution in [0, 0.1) is 0 Å². The highest BCUT2D eigenvalue weighted by Crippen LogP contribution is 2.17. The van der Waals surface area contributed by atoms with Crippen LogP contribution in [-0.4, -0.2) is 44.6 Å². The molecule has 6 nitrogen and oxygen atoms in total. The molecule has 0 unspecified atom stereocenters. The molecule has 2 rings (SSSR count). The van der Waals surface area contributed by atoms with Crippen LogP contribution in [-0.2, 0) is 14.8 Å². The zero-order valence-electron chi connectivity index (χ0n) is 12.0. The van der Waals surface area contributed by atoms with Gasteiger partial charge in [0.15, 0.2) is 0 Å². The number of likely N-dealkylation sites (tertiary alicyclic amines) is 1. The molecule has 1 aliphatic rings. The highest BCUT2D eigenvalue weighted by Gasteiger charge is 2.28. The predicted octanol–water partition coefficient (Wildman–Crippen LogP) is 0.227. The number of rotatable bonds is 4. The number of benzene rings is 1. The third-order valence-corrected chi connectivity index (χ3v) is 4.30. The molecule has 7 heteroatoms. The van der Waals surface area contributed by atoms with Gasteiger partial charge in [0.2, 0.25) is 15.9 Å². The summed E-state index contributed by atoms with van der Waals surface area (Å²) < 4.78 is 25.1. The van der Waals surface area contributed by atoms with Gasteiger partial charge in [-0.3, -0.25) is 4.79 Å². The first kappa shape index (κ1) is 15.9. The Morgan fingerprint density at radius 1 is 1.38 bits per heavy atom. The molecule has 1 saturated heterocycles. The molecule has 0 radical (unpaired) electrons. The molecule has 21 heavy (non-hydrogen) atoms. The van der Waals surface area contributed by atoms with Gasteiger partial charge >= 0.3 is 0 Å². The van der Waals surface area contributed by atoms with Gasteiger partial charge in [0.1, 0.15) is 6.04 Å². The van der Waals surface area contributed by atoms with E-state index in [1.165, 1.54) is 0 Å². The molecule has 1 fully saturated rings. The minimum atomic E-state index is -3.26. The van der Waals surface area contributed by atoms with Gasteiger partial charge in [-0.05, 0) is 18.4 Å². The van der Waals surface area contributed by atoms with Crippen LogP contribution in [0.2, 0.25) is 0 Å². The molecule has 0 aliphatic carbocycles. The van der Waals surface area contributed by atoms with Crippen LogP contribution in [0.4, 0.5) is 0 Å². The lowest BCUT2D eigenvalue weighted by molar-refractivity contribution is -0.134. The van der Waals surface area contributed by atoms with E-state index in [1.54, 1.807) is 4.90 Å². The highest BCUT2D eigenvalue weighted by atomic mass is 32.2. The normalized spacial score (nSPS) is 21.0. The first-order chi connectivity index (χ1) is 9.87. The fraction of sp³-hybridized carbons (Fsp3) is 0.500. The van der Waals surface area contributed by atoms with Crippen molar-refractivity contribution in [1.29, 1.82) is 0 Å². The molecule has 1 aromatic rings. The Labute approximate surface area is 125 Å². The van der Waals surface area contributed by atoms with E-state index in [4.69, 9.17) is 5.73 Å². The molecule has 0 spiro atoms. The number of nitrogens with zero attached hydrogens (tertiary/aromatic N) is 1. The topological polar surface area (TPSA) is 92.5 Å². The number of amides is 1. The van der Waals surface area contributed by atoms with Crippen LogP contribution in [0.3, 0.4) is 0 Å². The zero-order valence-corrected chi connectivity index (χ0v) is 12.8. The van der Waals surface area contributed by atoms with Crippen molar-refractivity contribution in [1.82, 2.24) is 9.62 Å². The van der Waals surface area contributed by atoms with Gasteiger partial charge in [-0.25, -0.2) is 13.1 Å². The molecular formula is C14H21N3O3S. The van der Waals surface area contributed by atoms with Crippen molar-refractivity contribution in [3.8, 4) is 0 Å². The molecule has 0 bridgehead atoms. The van der Waals surface area contributed by atoms with Crippen LogP contribution in [0.25, 0.3) is 0 Å². The molecule has 116 valence electrons.